The number of carbonyl (C=O) groups is 11. The number of amides is 9. The summed E-state index contributed by atoms with van der Waals surface area (Å²) in [6, 6.07) is -4.77. The van der Waals surface area contributed by atoms with Crippen LogP contribution in [0.4, 0.5) is 0 Å². The van der Waals surface area contributed by atoms with E-state index in [0.29, 0.717) is 0 Å². The van der Waals surface area contributed by atoms with E-state index in [1.165, 1.54) is 19.4 Å². The maximum Gasteiger partial charge on any atom is 0.328 e. The summed E-state index contributed by atoms with van der Waals surface area (Å²) in [4.78, 5) is 152. The molecule has 1 aromatic heterocycles. The summed E-state index contributed by atoms with van der Waals surface area (Å²) in [7, 11) is 0. The fourth-order valence-electron chi connectivity index (χ4n) is 7.71. The fraction of sp³-hybridized carbons (Fsp3) is 0.565. The minimum Gasteiger partial charge on any atom is -0.481 e. The summed E-state index contributed by atoms with van der Waals surface area (Å²) in [5, 5.41) is 56.6. The molecule has 1 saturated heterocycles. The van der Waals surface area contributed by atoms with E-state index >= 15 is 0 Å². The van der Waals surface area contributed by atoms with Crippen molar-refractivity contribution in [2.75, 3.05) is 6.54 Å². The van der Waals surface area contributed by atoms with Gasteiger partial charge in [0.2, 0.25) is 53.2 Å². The van der Waals surface area contributed by atoms with E-state index < -0.39 is 138 Å². The SMILES string of the molecule is CC(C)C[C@H](NC(=O)[C@@H]1CCCN1C(=O)[C@H](CC(=O)O)NC(=O)[C@H](Cc1cnc[nH]1)NC(=O)[C@@H](NC(=O)[C@H](C)NC(=O)[C@H](CCC(N)=O)NC(=O)[C@@H](N)Cc1ccccc1)[C@@H](C)O)C(=O)N[C@H](C(=O)O)[C@@H](C)O. The van der Waals surface area contributed by atoms with E-state index in [4.69, 9.17) is 11.5 Å². The average molecular weight is 1030 g/mol. The van der Waals surface area contributed by atoms with Crippen LogP contribution < -0.4 is 48.7 Å². The standard InChI is InChI=1S/C46H68N12O15/c1-22(2)16-30(42(68)57-37(25(5)60)46(72)73)53-43(69)33-12-9-15-58(33)45(71)32(19-35(62)63)55-41(67)31(18-27-20-49-21-50-27)54-44(70)36(24(4)59)56-38(64)23(3)51-40(66)29(13-14-34(48)61)52-39(65)28(47)17-26-10-7-6-8-11-26/h6-8,10-11,20-25,28-33,36-37,59-60H,9,12-19,47H2,1-5H3,(H2,48,61)(H,49,50)(H,51,66)(H,52,65)(H,53,69)(H,54,70)(H,55,67)(H,56,64)(H,57,68)(H,62,63)(H,72,73)/t23-,24+,25+,28-,29-,30-,31-,32-,33-,36-,37-/m0/s1. The summed E-state index contributed by atoms with van der Waals surface area (Å²) >= 11 is 0. The van der Waals surface area contributed by atoms with Gasteiger partial charge in [-0.1, -0.05) is 44.2 Å². The van der Waals surface area contributed by atoms with Gasteiger partial charge in [0.25, 0.3) is 0 Å². The van der Waals surface area contributed by atoms with Gasteiger partial charge in [0.1, 0.15) is 42.3 Å². The van der Waals surface area contributed by atoms with Crippen molar-refractivity contribution < 1.29 is 73.2 Å². The maximum absolute atomic E-state index is 14.1. The molecule has 2 heterocycles. The van der Waals surface area contributed by atoms with Gasteiger partial charge < -0.3 is 79.0 Å². The van der Waals surface area contributed by atoms with Crippen LogP contribution in [0, 0.1) is 5.92 Å². The lowest BCUT2D eigenvalue weighted by molar-refractivity contribution is -0.146. The van der Waals surface area contributed by atoms with Crippen LogP contribution in [0.25, 0.3) is 0 Å². The Kier molecular flexibility index (Phi) is 23.3. The molecule has 11 atom stereocenters. The second-order valence-corrected chi connectivity index (χ2v) is 18.3. The predicted molar refractivity (Wildman–Crippen MR) is 255 cm³/mol. The normalized spacial score (nSPS) is 17.4. The number of hydrogen-bond acceptors (Lipinski definition) is 15. The van der Waals surface area contributed by atoms with Crippen molar-refractivity contribution in [2.24, 2.45) is 17.4 Å². The predicted octanol–water partition coefficient (Wildman–Crippen LogP) is -4.44. The lowest BCUT2D eigenvalue weighted by Gasteiger charge is -2.31. The first kappa shape index (κ1) is 59.8. The van der Waals surface area contributed by atoms with Crippen molar-refractivity contribution in [3.05, 3.63) is 54.1 Å². The molecule has 73 heavy (non-hydrogen) atoms. The molecule has 0 unspecified atom stereocenters. The van der Waals surface area contributed by atoms with Gasteiger partial charge in [0.05, 0.1) is 31.0 Å². The summed E-state index contributed by atoms with van der Waals surface area (Å²) in [5.41, 5.74) is 12.4. The number of nitrogens with one attached hydrogen (secondary N) is 8. The van der Waals surface area contributed by atoms with Crippen LogP contribution in [0.1, 0.15) is 84.4 Å². The minimum absolute atomic E-state index is 0.0217. The van der Waals surface area contributed by atoms with Crippen LogP contribution >= 0.6 is 0 Å². The van der Waals surface area contributed by atoms with Gasteiger partial charge in [-0.05, 0) is 64.4 Å². The number of nitrogens with two attached hydrogens (primary N) is 2. The number of imidazole rings is 1. The monoisotopic (exact) mass is 1030 g/mol. The van der Waals surface area contributed by atoms with Crippen LogP contribution in [0.5, 0.6) is 0 Å². The van der Waals surface area contributed by atoms with Crippen molar-refractivity contribution in [3.8, 4) is 0 Å². The quantitative estimate of drug-likeness (QED) is 0.0366. The van der Waals surface area contributed by atoms with Crippen LogP contribution in [-0.4, -0.2) is 174 Å². The highest BCUT2D eigenvalue weighted by Crippen LogP contribution is 2.21. The van der Waals surface area contributed by atoms with E-state index in [9.17, 15) is 73.2 Å². The van der Waals surface area contributed by atoms with E-state index in [2.05, 4.69) is 47.2 Å². The van der Waals surface area contributed by atoms with Crippen molar-refractivity contribution in [2.45, 2.75) is 153 Å². The maximum atomic E-state index is 14.1. The van der Waals surface area contributed by atoms with Gasteiger partial charge >= 0.3 is 11.9 Å². The molecule has 1 fully saturated rings. The molecule has 1 aliphatic rings. The largest absolute Gasteiger partial charge is 0.481 e. The first-order chi connectivity index (χ1) is 34.3. The highest BCUT2D eigenvalue weighted by Gasteiger charge is 2.41. The number of carboxylic acid groups (broad SMARTS) is 2. The number of aliphatic hydroxyl groups is 2. The van der Waals surface area contributed by atoms with Gasteiger partial charge in [0.15, 0.2) is 6.04 Å². The van der Waals surface area contributed by atoms with Gasteiger partial charge in [0, 0.05) is 31.3 Å². The molecule has 9 amide bonds. The lowest BCUT2D eigenvalue weighted by Crippen LogP contribution is -2.62. The number of H-pyrrole nitrogens is 1. The lowest BCUT2D eigenvalue weighted by atomic mass is 10.0. The van der Waals surface area contributed by atoms with Crippen molar-refractivity contribution in [3.63, 3.8) is 0 Å². The van der Waals surface area contributed by atoms with Crippen LogP contribution in [0.15, 0.2) is 42.9 Å². The molecule has 16 N–H and O–H groups in total. The molecule has 0 bridgehead atoms. The number of aliphatic hydroxyl groups excluding tert-OH is 2. The Morgan fingerprint density at radius 1 is 0.712 bits per heavy atom. The summed E-state index contributed by atoms with van der Waals surface area (Å²) < 4.78 is 0. The number of aromatic nitrogens is 2. The highest BCUT2D eigenvalue weighted by atomic mass is 16.4. The van der Waals surface area contributed by atoms with Crippen LogP contribution in [0.2, 0.25) is 0 Å². The molecular weight excluding hydrogens is 961 g/mol. The number of benzene rings is 1. The summed E-state index contributed by atoms with van der Waals surface area (Å²) in [5.74, 6) is -11.8. The molecular formula is C46H68N12O15. The third-order valence-corrected chi connectivity index (χ3v) is 11.6. The highest BCUT2D eigenvalue weighted by molar-refractivity contribution is 5.99. The van der Waals surface area contributed by atoms with Gasteiger partial charge in [-0.25, -0.2) is 9.78 Å². The van der Waals surface area contributed by atoms with E-state index in [1.54, 1.807) is 44.2 Å². The molecule has 0 saturated carbocycles. The zero-order valence-corrected chi connectivity index (χ0v) is 41.2. The van der Waals surface area contributed by atoms with Crippen molar-refractivity contribution in [1.82, 2.24) is 52.1 Å². The Balaban J connectivity index is 1.79. The smallest absolute Gasteiger partial charge is 0.328 e. The van der Waals surface area contributed by atoms with E-state index in [0.717, 1.165) is 24.3 Å². The molecule has 2 aromatic rings. The average Bonchev–Trinajstić information content (AvgIpc) is 4.03. The Hall–Kier alpha value is -7.52. The molecule has 27 nitrogen and oxygen atoms in total. The first-order valence-corrected chi connectivity index (χ1v) is 23.6. The topological polar surface area (TPSA) is 437 Å². The van der Waals surface area contributed by atoms with Crippen molar-refractivity contribution in [1.29, 1.82) is 0 Å². The van der Waals surface area contributed by atoms with Crippen LogP contribution in [-0.2, 0) is 65.6 Å². The summed E-state index contributed by atoms with van der Waals surface area (Å²) in [6.45, 7) is 6.89. The Morgan fingerprint density at radius 3 is 1.86 bits per heavy atom. The zero-order valence-electron chi connectivity index (χ0n) is 41.2. The zero-order chi connectivity index (χ0) is 54.7. The fourth-order valence-corrected chi connectivity index (χ4v) is 7.71. The molecule has 0 aliphatic carbocycles. The third-order valence-electron chi connectivity index (χ3n) is 11.6. The molecule has 27 heteroatoms. The number of aliphatic carboxylic acids is 2. The van der Waals surface area contributed by atoms with Gasteiger partial charge in [-0.2, -0.15) is 0 Å². The molecule has 0 radical (unpaired) electrons. The third kappa shape index (κ3) is 19.2. The van der Waals surface area contributed by atoms with Crippen LogP contribution in [0.3, 0.4) is 0 Å². The van der Waals surface area contributed by atoms with Gasteiger partial charge in [-0.15, -0.1) is 0 Å². The minimum atomic E-state index is -1.84. The molecule has 1 aromatic carbocycles. The van der Waals surface area contributed by atoms with E-state index in [-0.39, 0.29) is 63.1 Å². The summed E-state index contributed by atoms with van der Waals surface area (Å²) in [6.07, 6.45) is -2.14. The Morgan fingerprint density at radius 2 is 1.30 bits per heavy atom. The Bertz CT molecular complexity index is 2260. The first-order valence-electron chi connectivity index (χ1n) is 23.6. The number of nitrogens with zero attached hydrogens (tertiary/aromatic N) is 2. The molecule has 0 spiro atoms. The molecule has 402 valence electrons. The van der Waals surface area contributed by atoms with Gasteiger partial charge in [-0.3, -0.25) is 47.9 Å². The Labute approximate surface area is 420 Å². The second kappa shape index (κ2) is 28.5. The second-order valence-electron chi connectivity index (χ2n) is 18.3. The number of hydrogen-bond donors (Lipinski definition) is 14. The van der Waals surface area contributed by atoms with E-state index in [1.807, 2.05) is 0 Å². The number of carbonyl (C=O) groups excluding carboxylic acids is 9. The molecule has 1 aliphatic heterocycles. The number of aromatic amines is 1. The number of rotatable bonds is 29. The molecule has 3 rings (SSSR count). The van der Waals surface area contributed by atoms with Crippen molar-refractivity contribution >= 4 is 65.1 Å². The number of primary amides is 1. The number of likely N-dealkylation sites (tertiary alicyclic amines) is 1. The number of carboxylic acids is 2.